The molecule has 0 bridgehead atoms. The Bertz CT molecular complexity index is 596. The molecule has 0 unspecified atom stereocenters. The molecule has 5 nitrogen and oxygen atoms in total. The number of hydrogen-bond acceptors (Lipinski definition) is 4. The highest BCUT2D eigenvalue weighted by molar-refractivity contribution is 9.10. The molecule has 1 aromatic heterocycles. The third-order valence-corrected chi connectivity index (χ3v) is 4.07. The number of nitrogens with zero attached hydrogens (tertiary/aromatic N) is 4. The fraction of sp³-hybridized carbons (Fsp3) is 0.385. The second-order valence-corrected chi connectivity index (χ2v) is 5.60. The van der Waals surface area contributed by atoms with Crippen LogP contribution in [0.3, 0.4) is 0 Å². The van der Waals surface area contributed by atoms with Crippen LogP contribution in [0.1, 0.15) is 24.4 Å². The number of anilines is 1. The highest BCUT2D eigenvalue weighted by Gasteiger charge is 2.19. The molecule has 1 atom stereocenters. The number of benzene rings is 1. The van der Waals surface area contributed by atoms with Crippen molar-refractivity contribution in [2.45, 2.75) is 26.1 Å². The summed E-state index contributed by atoms with van der Waals surface area (Å²) in [6.07, 6.45) is 1.33. The van der Waals surface area contributed by atoms with E-state index in [-0.39, 0.29) is 0 Å². The van der Waals surface area contributed by atoms with Gasteiger partial charge in [0.25, 0.3) is 0 Å². The van der Waals surface area contributed by atoms with E-state index in [0.29, 0.717) is 0 Å². The minimum Gasteiger partial charge on any atom is -0.389 e. The van der Waals surface area contributed by atoms with Gasteiger partial charge in [-0.1, -0.05) is 6.07 Å². The van der Waals surface area contributed by atoms with E-state index in [2.05, 4.69) is 35.6 Å². The maximum atomic E-state index is 9.60. The van der Waals surface area contributed by atoms with Crippen molar-refractivity contribution >= 4 is 21.6 Å². The van der Waals surface area contributed by atoms with Crippen LogP contribution >= 0.6 is 15.9 Å². The SMILES string of the molecule is C[C@H](O)c1ccc(N2CCn3cnnc3C2)c(Br)c1. The summed E-state index contributed by atoms with van der Waals surface area (Å²) in [7, 11) is 0. The molecule has 6 heteroatoms. The van der Waals surface area contributed by atoms with Crippen LogP contribution in [0.2, 0.25) is 0 Å². The topological polar surface area (TPSA) is 54.2 Å². The Hall–Kier alpha value is -1.40. The molecule has 2 heterocycles. The number of fused-ring (bicyclic) bond motifs is 1. The second-order valence-electron chi connectivity index (χ2n) is 4.75. The summed E-state index contributed by atoms with van der Waals surface area (Å²) in [4.78, 5) is 2.26. The van der Waals surface area contributed by atoms with Gasteiger partial charge in [0.2, 0.25) is 0 Å². The predicted octanol–water partition coefficient (Wildman–Crippen LogP) is 2.11. The minimum absolute atomic E-state index is 0.449. The molecule has 0 saturated carbocycles. The van der Waals surface area contributed by atoms with Gasteiger partial charge in [0.15, 0.2) is 5.82 Å². The van der Waals surface area contributed by atoms with Crippen LogP contribution in [0, 0.1) is 0 Å². The molecule has 1 aromatic carbocycles. The molecule has 1 N–H and O–H groups in total. The minimum atomic E-state index is -0.449. The summed E-state index contributed by atoms with van der Waals surface area (Å²) in [5.74, 6) is 0.984. The number of halogens is 1. The Morgan fingerprint density at radius 1 is 1.37 bits per heavy atom. The summed E-state index contributed by atoms with van der Waals surface area (Å²) in [6, 6.07) is 5.97. The van der Waals surface area contributed by atoms with Crippen LogP contribution in [0.4, 0.5) is 5.69 Å². The van der Waals surface area contributed by atoms with Crippen LogP contribution in [0.5, 0.6) is 0 Å². The molecule has 0 radical (unpaired) electrons. The van der Waals surface area contributed by atoms with Gasteiger partial charge < -0.3 is 14.6 Å². The summed E-state index contributed by atoms with van der Waals surface area (Å²) >= 11 is 3.59. The van der Waals surface area contributed by atoms with Crippen molar-refractivity contribution < 1.29 is 5.11 Å². The third-order valence-electron chi connectivity index (χ3n) is 3.43. The number of aliphatic hydroxyl groups excluding tert-OH is 1. The van der Waals surface area contributed by atoms with E-state index >= 15 is 0 Å². The van der Waals surface area contributed by atoms with E-state index in [1.807, 2.05) is 18.2 Å². The highest BCUT2D eigenvalue weighted by atomic mass is 79.9. The number of aromatic nitrogens is 3. The molecule has 2 aromatic rings. The zero-order valence-electron chi connectivity index (χ0n) is 10.6. The Morgan fingerprint density at radius 3 is 2.95 bits per heavy atom. The fourth-order valence-corrected chi connectivity index (χ4v) is 2.96. The molecule has 100 valence electrons. The molecule has 0 saturated heterocycles. The average molecular weight is 323 g/mol. The molecular formula is C13H15BrN4O. The zero-order valence-corrected chi connectivity index (χ0v) is 12.2. The van der Waals surface area contributed by atoms with Crippen LogP contribution in [-0.2, 0) is 13.1 Å². The molecule has 1 aliphatic rings. The van der Waals surface area contributed by atoms with Crippen molar-refractivity contribution in [2.24, 2.45) is 0 Å². The summed E-state index contributed by atoms with van der Waals surface area (Å²) in [5.41, 5.74) is 2.04. The van der Waals surface area contributed by atoms with Gasteiger partial charge in [-0.3, -0.25) is 0 Å². The maximum Gasteiger partial charge on any atom is 0.152 e. The lowest BCUT2D eigenvalue weighted by Gasteiger charge is -2.30. The first-order valence-corrected chi connectivity index (χ1v) is 7.03. The lowest BCUT2D eigenvalue weighted by atomic mass is 10.1. The first-order valence-electron chi connectivity index (χ1n) is 6.24. The fourth-order valence-electron chi connectivity index (χ4n) is 2.31. The summed E-state index contributed by atoms with van der Waals surface area (Å²) in [5, 5.41) is 17.7. The lowest BCUT2D eigenvalue weighted by Crippen LogP contribution is -2.33. The Morgan fingerprint density at radius 2 is 2.21 bits per heavy atom. The quantitative estimate of drug-likeness (QED) is 0.920. The van der Waals surface area contributed by atoms with Crippen LogP contribution in [0.15, 0.2) is 29.0 Å². The molecule has 19 heavy (non-hydrogen) atoms. The molecule has 0 aliphatic carbocycles. The van der Waals surface area contributed by atoms with Crippen molar-refractivity contribution in [3.05, 3.63) is 40.4 Å². The molecule has 1 aliphatic heterocycles. The van der Waals surface area contributed by atoms with E-state index in [1.165, 1.54) is 0 Å². The Balaban J connectivity index is 1.88. The van der Waals surface area contributed by atoms with Crippen molar-refractivity contribution in [3.8, 4) is 0 Å². The van der Waals surface area contributed by atoms with E-state index in [9.17, 15) is 5.11 Å². The molecule has 0 fully saturated rings. The Kier molecular flexibility index (Phi) is 3.28. The smallest absolute Gasteiger partial charge is 0.152 e. The van der Waals surface area contributed by atoms with Gasteiger partial charge in [0.05, 0.1) is 18.3 Å². The number of rotatable bonds is 2. The first-order chi connectivity index (χ1) is 9.15. The monoisotopic (exact) mass is 322 g/mol. The van der Waals surface area contributed by atoms with Crippen molar-refractivity contribution in [3.63, 3.8) is 0 Å². The van der Waals surface area contributed by atoms with Crippen molar-refractivity contribution in [2.75, 3.05) is 11.4 Å². The zero-order chi connectivity index (χ0) is 13.4. The molecule has 0 spiro atoms. The normalized spacial score (nSPS) is 16.3. The third kappa shape index (κ3) is 2.37. The van der Waals surface area contributed by atoms with E-state index < -0.39 is 6.10 Å². The van der Waals surface area contributed by atoms with Crippen molar-refractivity contribution in [1.82, 2.24) is 14.8 Å². The van der Waals surface area contributed by atoms with Crippen molar-refractivity contribution in [1.29, 1.82) is 0 Å². The van der Waals surface area contributed by atoms with Gasteiger partial charge in [0, 0.05) is 17.6 Å². The van der Waals surface area contributed by atoms with Gasteiger partial charge in [-0.05, 0) is 40.5 Å². The maximum absolute atomic E-state index is 9.60. The molecule has 3 rings (SSSR count). The summed E-state index contributed by atoms with van der Waals surface area (Å²) < 4.78 is 3.08. The summed E-state index contributed by atoms with van der Waals surface area (Å²) in [6.45, 7) is 4.35. The average Bonchev–Trinajstić information content (AvgIpc) is 2.85. The number of hydrogen-bond donors (Lipinski definition) is 1. The van der Waals surface area contributed by atoms with E-state index in [4.69, 9.17) is 0 Å². The highest BCUT2D eigenvalue weighted by Crippen LogP contribution is 2.31. The van der Waals surface area contributed by atoms with Crippen LogP contribution in [0.25, 0.3) is 0 Å². The number of aliphatic hydroxyl groups is 1. The first kappa shape index (κ1) is 12.6. The second kappa shape index (κ2) is 4.94. The lowest BCUT2D eigenvalue weighted by molar-refractivity contribution is 0.199. The largest absolute Gasteiger partial charge is 0.389 e. The van der Waals surface area contributed by atoms with Gasteiger partial charge in [-0.15, -0.1) is 10.2 Å². The van der Waals surface area contributed by atoms with Crippen LogP contribution < -0.4 is 4.90 Å². The molecule has 0 amide bonds. The van der Waals surface area contributed by atoms with Crippen LogP contribution in [-0.4, -0.2) is 26.4 Å². The molecular weight excluding hydrogens is 308 g/mol. The van der Waals surface area contributed by atoms with Gasteiger partial charge >= 0.3 is 0 Å². The van der Waals surface area contributed by atoms with Gasteiger partial charge in [-0.2, -0.15) is 0 Å². The van der Waals surface area contributed by atoms with Gasteiger partial charge in [0.1, 0.15) is 6.33 Å². The predicted molar refractivity (Wildman–Crippen MR) is 75.8 cm³/mol. The van der Waals surface area contributed by atoms with E-state index in [0.717, 1.165) is 41.2 Å². The van der Waals surface area contributed by atoms with Gasteiger partial charge in [-0.25, -0.2) is 0 Å². The standard InChI is InChI=1S/C13H15BrN4O/c1-9(19)10-2-3-12(11(14)6-10)17-4-5-18-8-15-16-13(18)7-17/h2-3,6,8-9,19H,4-5,7H2,1H3/t9-/m0/s1. The van der Waals surface area contributed by atoms with E-state index in [1.54, 1.807) is 13.3 Å². The Labute approximate surface area is 120 Å².